The first-order valence-electron chi connectivity index (χ1n) is 7.52. The van der Waals surface area contributed by atoms with E-state index in [1.807, 2.05) is 6.07 Å². The Balaban J connectivity index is 1.68. The van der Waals surface area contributed by atoms with E-state index in [0.29, 0.717) is 29.6 Å². The van der Waals surface area contributed by atoms with Crippen LogP contribution in [0.2, 0.25) is 0 Å². The van der Waals surface area contributed by atoms with E-state index in [1.165, 1.54) is 48.2 Å². The number of nitrogens with zero attached hydrogens (tertiary/aromatic N) is 3. The largest absolute Gasteiger partial charge is 0.286 e. The normalized spacial score (nSPS) is 13.6. The van der Waals surface area contributed by atoms with E-state index in [1.54, 1.807) is 11.0 Å². The maximum atomic E-state index is 13.2. The summed E-state index contributed by atoms with van der Waals surface area (Å²) in [4.78, 5) is 28.7. The zero-order valence-electron chi connectivity index (χ0n) is 13.1. The Bertz CT molecular complexity index is 839. The van der Waals surface area contributed by atoms with Crippen molar-refractivity contribution in [3.05, 3.63) is 75.6 Å². The van der Waals surface area contributed by atoms with Gasteiger partial charge in [-0.2, -0.15) is 0 Å². The van der Waals surface area contributed by atoms with Gasteiger partial charge in [-0.3, -0.25) is 24.8 Å². The summed E-state index contributed by atoms with van der Waals surface area (Å²) in [5, 5.41) is 11.3. The molecule has 3 rings (SSSR count). The number of carbonyl (C=O) groups excluding carboxylic acids is 1. The van der Waals surface area contributed by atoms with Gasteiger partial charge in [0.1, 0.15) is 5.82 Å². The van der Waals surface area contributed by atoms with Crippen molar-refractivity contribution in [2.75, 3.05) is 13.1 Å². The molecule has 0 saturated carbocycles. The molecule has 0 aromatic heterocycles. The third-order valence-corrected chi connectivity index (χ3v) is 4.71. The van der Waals surface area contributed by atoms with Crippen molar-refractivity contribution in [2.45, 2.75) is 5.75 Å². The van der Waals surface area contributed by atoms with E-state index >= 15 is 0 Å². The van der Waals surface area contributed by atoms with Gasteiger partial charge in [-0.1, -0.05) is 23.9 Å². The minimum atomic E-state index is -0.508. The Kier molecular flexibility index (Phi) is 5.08. The second-order valence-corrected chi connectivity index (χ2v) is 6.29. The number of nitro benzene ring substituents is 1. The van der Waals surface area contributed by atoms with Crippen molar-refractivity contribution in [3.8, 4) is 0 Å². The van der Waals surface area contributed by atoms with Gasteiger partial charge >= 0.3 is 0 Å². The van der Waals surface area contributed by atoms with Gasteiger partial charge in [0, 0.05) is 30.0 Å². The van der Waals surface area contributed by atoms with Crippen molar-refractivity contribution >= 4 is 28.5 Å². The quantitative estimate of drug-likeness (QED) is 0.619. The van der Waals surface area contributed by atoms with Crippen molar-refractivity contribution in [1.29, 1.82) is 0 Å². The van der Waals surface area contributed by atoms with Gasteiger partial charge in [-0.05, 0) is 29.8 Å². The summed E-state index contributed by atoms with van der Waals surface area (Å²) in [5.74, 6) is -0.0520. The molecule has 1 aliphatic rings. The Morgan fingerprint density at radius 3 is 2.72 bits per heavy atom. The zero-order chi connectivity index (χ0) is 17.8. The lowest BCUT2D eigenvalue weighted by molar-refractivity contribution is -0.384. The number of thioether (sulfide) groups is 1. The van der Waals surface area contributed by atoms with Gasteiger partial charge in [0.2, 0.25) is 0 Å². The van der Waals surface area contributed by atoms with Gasteiger partial charge in [0.25, 0.3) is 11.6 Å². The van der Waals surface area contributed by atoms with E-state index in [-0.39, 0.29) is 17.4 Å². The highest BCUT2D eigenvalue weighted by Crippen LogP contribution is 2.22. The van der Waals surface area contributed by atoms with Crippen LogP contribution in [0.4, 0.5) is 10.1 Å². The summed E-state index contributed by atoms with van der Waals surface area (Å²) in [6.45, 7) is 0.964. The topological polar surface area (TPSA) is 75.8 Å². The number of hydrogen-bond acceptors (Lipinski definition) is 5. The maximum absolute atomic E-state index is 13.2. The van der Waals surface area contributed by atoms with E-state index in [9.17, 15) is 19.3 Å². The smallest absolute Gasteiger partial charge is 0.269 e. The molecular weight excluding hydrogens is 345 g/mol. The fourth-order valence-electron chi connectivity index (χ4n) is 2.39. The Labute approximate surface area is 147 Å². The Morgan fingerprint density at radius 1 is 1.28 bits per heavy atom. The first-order chi connectivity index (χ1) is 12.0. The van der Waals surface area contributed by atoms with Gasteiger partial charge in [0.15, 0.2) is 5.17 Å². The van der Waals surface area contributed by atoms with E-state index in [2.05, 4.69) is 4.99 Å². The summed E-state index contributed by atoms with van der Waals surface area (Å²) in [6, 6.07) is 11.8. The summed E-state index contributed by atoms with van der Waals surface area (Å²) < 4.78 is 13.2. The van der Waals surface area contributed by atoms with Crippen LogP contribution in [0.15, 0.2) is 53.5 Å². The molecule has 128 valence electrons. The molecule has 0 aliphatic carbocycles. The predicted octanol–water partition coefficient (Wildman–Crippen LogP) is 3.48. The van der Waals surface area contributed by atoms with Crippen LogP contribution in [-0.4, -0.2) is 34.0 Å². The van der Waals surface area contributed by atoms with Gasteiger partial charge in [-0.15, -0.1) is 0 Å². The third-order valence-electron chi connectivity index (χ3n) is 3.63. The number of amides is 1. The van der Waals surface area contributed by atoms with Crippen LogP contribution >= 0.6 is 11.8 Å². The van der Waals surface area contributed by atoms with Crippen LogP contribution in [0.1, 0.15) is 15.9 Å². The molecule has 0 bridgehead atoms. The summed E-state index contributed by atoms with van der Waals surface area (Å²) >= 11 is 1.37. The third kappa shape index (κ3) is 4.03. The number of hydrogen-bond donors (Lipinski definition) is 0. The average molecular weight is 359 g/mol. The minimum absolute atomic E-state index is 0.0626. The molecule has 0 spiro atoms. The summed E-state index contributed by atoms with van der Waals surface area (Å²) in [6.07, 6.45) is 0. The van der Waals surface area contributed by atoms with Crippen molar-refractivity contribution < 1.29 is 14.1 Å². The fourth-order valence-corrected chi connectivity index (χ4v) is 3.38. The van der Waals surface area contributed by atoms with Crippen molar-refractivity contribution in [3.63, 3.8) is 0 Å². The number of amidine groups is 1. The van der Waals surface area contributed by atoms with Crippen LogP contribution < -0.4 is 0 Å². The van der Waals surface area contributed by atoms with E-state index in [4.69, 9.17) is 0 Å². The highest BCUT2D eigenvalue weighted by Gasteiger charge is 2.25. The number of non-ortho nitro benzene ring substituents is 1. The zero-order valence-corrected chi connectivity index (χ0v) is 13.9. The molecule has 1 heterocycles. The molecule has 1 amide bonds. The van der Waals surface area contributed by atoms with Crippen LogP contribution in [0.25, 0.3) is 0 Å². The molecular formula is C17H14FN3O3S. The van der Waals surface area contributed by atoms with Crippen molar-refractivity contribution in [1.82, 2.24) is 4.90 Å². The molecule has 25 heavy (non-hydrogen) atoms. The number of nitro groups is 1. The monoisotopic (exact) mass is 359 g/mol. The van der Waals surface area contributed by atoms with Crippen molar-refractivity contribution in [2.24, 2.45) is 4.99 Å². The molecule has 0 N–H and O–H groups in total. The molecule has 2 aromatic rings. The molecule has 0 fully saturated rings. The molecule has 2 aromatic carbocycles. The second-order valence-electron chi connectivity index (χ2n) is 5.34. The minimum Gasteiger partial charge on any atom is -0.286 e. The number of rotatable bonds is 4. The standard InChI is InChI=1S/C17H14FN3O3S/c18-14-3-1-2-12(10-14)11-25-17-19-8-9-20(17)16(22)13-4-6-15(7-5-13)21(23)24/h1-7,10H,8-9,11H2. The Morgan fingerprint density at radius 2 is 2.04 bits per heavy atom. The highest BCUT2D eigenvalue weighted by atomic mass is 32.2. The number of benzene rings is 2. The van der Waals surface area contributed by atoms with E-state index < -0.39 is 4.92 Å². The molecule has 0 radical (unpaired) electrons. The van der Waals surface area contributed by atoms with Gasteiger partial charge in [-0.25, -0.2) is 4.39 Å². The van der Waals surface area contributed by atoms with Gasteiger partial charge in [0.05, 0.1) is 11.5 Å². The predicted molar refractivity (Wildman–Crippen MR) is 94.1 cm³/mol. The molecule has 0 unspecified atom stereocenters. The first-order valence-corrected chi connectivity index (χ1v) is 8.51. The van der Waals surface area contributed by atoms with Gasteiger partial charge < -0.3 is 0 Å². The molecule has 1 aliphatic heterocycles. The summed E-state index contributed by atoms with van der Waals surface area (Å²) in [5.41, 5.74) is 1.11. The fraction of sp³-hybridized carbons (Fsp3) is 0.176. The molecule has 0 atom stereocenters. The lowest BCUT2D eigenvalue weighted by atomic mass is 10.2. The van der Waals surface area contributed by atoms with Crippen LogP contribution in [0.5, 0.6) is 0 Å². The second kappa shape index (κ2) is 7.43. The lowest BCUT2D eigenvalue weighted by Crippen LogP contribution is -2.32. The molecule has 8 heteroatoms. The lowest BCUT2D eigenvalue weighted by Gasteiger charge is -2.17. The molecule has 0 saturated heterocycles. The highest BCUT2D eigenvalue weighted by molar-refractivity contribution is 8.13. The first kappa shape index (κ1) is 17.1. The average Bonchev–Trinajstić information content (AvgIpc) is 3.08. The molecule has 6 nitrogen and oxygen atoms in total. The number of aliphatic imine (C=N–C) groups is 1. The number of carbonyl (C=O) groups is 1. The number of halogens is 1. The maximum Gasteiger partial charge on any atom is 0.269 e. The summed E-state index contributed by atoms with van der Waals surface area (Å²) in [7, 11) is 0. The SMILES string of the molecule is O=C(c1ccc([N+](=O)[O-])cc1)N1CCN=C1SCc1cccc(F)c1. The Hall–Kier alpha value is -2.74. The van der Waals surface area contributed by atoms with Crippen LogP contribution in [0.3, 0.4) is 0 Å². The van der Waals surface area contributed by atoms with Crippen LogP contribution in [-0.2, 0) is 5.75 Å². The van der Waals surface area contributed by atoms with Crippen LogP contribution in [0, 0.1) is 15.9 Å². The van der Waals surface area contributed by atoms with E-state index in [0.717, 1.165) is 5.56 Å².